The number of anilines is 1. The van der Waals surface area contributed by atoms with Gasteiger partial charge < -0.3 is 25.1 Å². The molecule has 0 radical (unpaired) electrons. The van der Waals surface area contributed by atoms with E-state index in [0.717, 1.165) is 83.9 Å². The molecule has 198 valence electrons. The van der Waals surface area contributed by atoms with E-state index in [0.29, 0.717) is 11.1 Å². The normalized spacial score (nSPS) is 13.7. The fourth-order valence-electron chi connectivity index (χ4n) is 5.40. The molecular formula is C30H36N6O2. The number of aryl methyl sites for hydroxylation is 4. The molecule has 0 atom stereocenters. The monoisotopic (exact) mass is 512 g/mol. The van der Waals surface area contributed by atoms with Crippen LogP contribution < -0.4 is 21.0 Å². The number of fused-ring (bicyclic) bond motifs is 1. The molecule has 3 aromatic heterocycles. The van der Waals surface area contributed by atoms with Gasteiger partial charge in [0.05, 0.1) is 0 Å². The van der Waals surface area contributed by atoms with Gasteiger partial charge in [-0.05, 0) is 62.6 Å². The van der Waals surface area contributed by atoms with Crippen LogP contribution in [-0.2, 0) is 13.1 Å². The Labute approximate surface area is 223 Å². The molecule has 4 aromatic rings. The number of carbonyl (C=O) groups is 1. The second-order valence-electron chi connectivity index (χ2n) is 10.2. The molecule has 38 heavy (non-hydrogen) atoms. The molecule has 1 aliphatic heterocycles. The Morgan fingerprint density at radius 3 is 2.55 bits per heavy atom. The van der Waals surface area contributed by atoms with Crippen LogP contribution >= 0.6 is 0 Å². The third-order valence-electron chi connectivity index (χ3n) is 7.31. The van der Waals surface area contributed by atoms with Crippen LogP contribution in [-0.4, -0.2) is 46.6 Å². The Kier molecular flexibility index (Phi) is 7.33. The number of piperazine rings is 1. The quantitative estimate of drug-likeness (QED) is 0.347. The first kappa shape index (κ1) is 25.7. The minimum atomic E-state index is -0.195. The number of nitrogens with zero attached hydrogens (tertiary/aromatic N) is 3. The zero-order chi connectivity index (χ0) is 26.8. The van der Waals surface area contributed by atoms with Gasteiger partial charge in [-0.3, -0.25) is 9.59 Å². The summed E-state index contributed by atoms with van der Waals surface area (Å²) in [6.45, 7) is 12.7. The van der Waals surface area contributed by atoms with Crippen molar-refractivity contribution in [1.82, 2.24) is 25.2 Å². The average molecular weight is 513 g/mol. The van der Waals surface area contributed by atoms with Gasteiger partial charge in [0.1, 0.15) is 5.82 Å². The van der Waals surface area contributed by atoms with E-state index < -0.39 is 0 Å². The predicted octanol–water partition coefficient (Wildman–Crippen LogP) is 4.07. The van der Waals surface area contributed by atoms with Crippen LogP contribution in [0.25, 0.3) is 22.0 Å². The summed E-state index contributed by atoms with van der Waals surface area (Å²) in [5.74, 6) is 0.775. The van der Waals surface area contributed by atoms with Crippen LogP contribution in [0.1, 0.15) is 46.2 Å². The van der Waals surface area contributed by atoms with Crippen molar-refractivity contribution in [3.8, 4) is 11.1 Å². The zero-order valence-electron chi connectivity index (χ0n) is 22.6. The standard InChI is InChI=1S/C30H36N6O2/c1-5-10-36-18-19(2)29-24(30(38)33-17-25-21(4)34-20(3)13-27(25)37)14-23(15-26(29)36)22-6-7-28(32-16-22)35-11-8-31-9-12-35/h6-7,13-16,18,31H,5,8-12,17H2,1-4H3,(H,33,38)(H,34,37). The summed E-state index contributed by atoms with van der Waals surface area (Å²) < 4.78 is 2.22. The van der Waals surface area contributed by atoms with Crippen molar-refractivity contribution >= 4 is 22.6 Å². The maximum atomic E-state index is 13.6. The first-order valence-electron chi connectivity index (χ1n) is 13.4. The number of rotatable bonds is 7. The van der Waals surface area contributed by atoms with E-state index in [4.69, 9.17) is 4.98 Å². The first-order valence-corrected chi connectivity index (χ1v) is 13.4. The molecule has 3 N–H and O–H groups in total. The Morgan fingerprint density at radius 1 is 1.08 bits per heavy atom. The van der Waals surface area contributed by atoms with Crippen molar-refractivity contribution in [2.75, 3.05) is 31.1 Å². The SMILES string of the molecule is CCCn1cc(C)c2c(C(=O)NCc3c(C)[nH]c(C)cc3=O)cc(-c3ccc(N4CCNCC4)nc3)cc21. The molecule has 0 bridgehead atoms. The van der Waals surface area contributed by atoms with Gasteiger partial charge in [0, 0.05) is 96.7 Å². The summed E-state index contributed by atoms with van der Waals surface area (Å²) in [5, 5.41) is 7.33. The number of nitrogens with one attached hydrogen (secondary N) is 3. The van der Waals surface area contributed by atoms with Gasteiger partial charge in [-0.15, -0.1) is 0 Å². The van der Waals surface area contributed by atoms with E-state index in [1.807, 2.05) is 33.0 Å². The molecule has 1 fully saturated rings. The van der Waals surface area contributed by atoms with Crippen molar-refractivity contribution in [2.24, 2.45) is 0 Å². The number of aromatic amines is 1. The topological polar surface area (TPSA) is 95.0 Å². The fraction of sp³-hybridized carbons (Fsp3) is 0.367. The molecule has 8 nitrogen and oxygen atoms in total. The van der Waals surface area contributed by atoms with Crippen molar-refractivity contribution < 1.29 is 4.79 Å². The van der Waals surface area contributed by atoms with Crippen LogP contribution in [0, 0.1) is 20.8 Å². The van der Waals surface area contributed by atoms with Gasteiger partial charge in [-0.25, -0.2) is 4.98 Å². The molecule has 5 rings (SSSR count). The van der Waals surface area contributed by atoms with E-state index in [1.54, 1.807) is 6.07 Å². The zero-order valence-corrected chi connectivity index (χ0v) is 22.6. The van der Waals surface area contributed by atoms with Crippen molar-refractivity contribution in [1.29, 1.82) is 0 Å². The minimum absolute atomic E-state index is 0.0705. The number of H-pyrrole nitrogens is 1. The van der Waals surface area contributed by atoms with Gasteiger partial charge in [0.15, 0.2) is 5.43 Å². The number of pyridine rings is 2. The van der Waals surface area contributed by atoms with Crippen LogP contribution in [0.3, 0.4) is 0 Å². The maximum Gasteiger partial charge on any atom is 0.252 e. The lowest BCUT2D eigenvalue weighted by atomic mass is 9.98. The lowest BCUT2D eigenvalue weighted by Gasteiger charge is -2.28. The second-order valence-corrected chi connectivity index (χ2v) is 10.2. The van der Waals surface area contributed by atoms with Gasteiger partial charge >= 0.3 is 0 Å². The maximum absolute atomic E-state index is 13.6. The fourth-order valence-corrected chi connectivity index (χ4v) is 5.40. The summed E-state index contributed by atoms with van der Waals surface area (Å²) in [5.41, 5.74) is 6.69. The van der Waals surface area contributed by atoms with Gasteiger partial charge in [0.25, 0.3) is 5.91 Å². The number of benzene rings is 1. The molecule has 1 aromatic carbocycles. The smallest absolute Gasteiger partial charge is 0.252 e. The second kappa shape index (κ2) is 10.8. The Bertz CT molecular complexity index is 1530. The van der Waals surface area contributed by atoms with Crippen LogP contribution in [0.5, 0.6) is 0 Å². The molecule has 1 aliphatic rings. The summed E-state index contributed by atoms with van der Waals surface area (Å²) in [6.07, 6.45) is 5.01. The summed E-state index contributed by atoms with van der Waals surface area (Å²) in [6, 6.07) is 9.83. The van der Waals surface area contributed by atoms with Crippen LogP contribution in [0.2, 0.25) is 0 Å². The number of aromatic nitrogens is 3. The van der Waals surface area contributed by atoms with Gasteiger partial charge in [-0.2, -0.15) is 0 Å². The average Bonchev–Trinajstić information content (AvgIpc) is 3.23. The van der Waals surface area contributed by atoms with E-state index in [1.165, 1.54) is 0 Å². The highest BCUT2D eigenvalue weighted by molar-refractivity contribution is 6.09. The molecule has 0 aliphatic carbocycles. The van der Waals surface area contributed by atoms with Gasteiger partial charge in [-0.1, -0.05) is 6.92 Å². The first-order chi connectivity index (χ1) is 18.4. The lowest BCUT2D eigenvalue weighted by Crippen LogP contribution is -2.43. The van der Waals surface area contributed by atoms with Crippen molar-refractivity contribution in [3.05, 3.63) is 81.0 Å². The molecule has 0 spiro atoms. The summed E-state index contributed by atoms with van der Waals surface area (Å²) in [4.78, 5) is 36.4. The molecule has 4 heterocycles. The van der Waals surface area contributed by atoms with E-state index >= 15 is 0 Å². The highest BCUT2D eigenvalue weighted by Crippen LogP contribution is 2.32. The third-order valence-corrected chi connectivity index (χ3v) is 7.31. The number of carbonyl (C=O) groups excluding carboxylic acids is 1. The molecule has 8 heteroatoms. The Morgan fingerprint density at radius 2 is 1.87 bits per heavy atom. The van der Waals surface area contributed by atoms with E-state index in [-0.39, 0.29) is 17.9 Å². The van der Waals surface area contributed by atoms with Crippen LogP contribution in [0.4, 0.5) is 5.82 Å². The highest BCUT2D eigenvalue weighted by atomic mass is 16.1. The van der Waals surface area contributed by atoms with Crippen molar-refractivity contribution in [3.63, 3.8) is 0 Å². The van der Waals surface area contributed by atoms with E-state index in [2.05, 4.69) is 56.4 Å². The Balaban J connectivity index is 1.52. The van der Waals surface area contributed by atoms with Crippen molar-refractivity contribution in [2.45, 2.75) is 47.2 Å². The number of amides is 1. The molecule has 0 unspecified atom stereocenters. The molecular weight excluding hydrogens is 476 g/mol. The lowest BCUT2D eigenvalue weighted by molar-refractivity contribution is 0.0952. The number of hydrogen-bond donors (Lipinski definition) is 3. The molecule has 1 saturated heterocycles. The summed E-state index contributed by atoms with van der Waals surface area (Å²) >= 11 is 0. The Hall–Kier alpha value is -3.91. The molecule has 1 amide bonds. The minimum Gasteiger partial charge on any atom is -0.362 e. The summed E-state index contributed by atoms with van der Waals surface area (Å²) in [7, 11) is 0. The third kappa shape index (κ3) is 5.09. The van der Waals surface area contributed by atoms with E-state index in [9.17, 15) is 9.59 Å². The predicted molar refractivity (Wildman–Crippen MR) is 153 cm³/mol. The highest BCUT2D eigenvalue weighted by Gasteiger charge is 2.19. The number of hydrogen-bond acceptors (Lipinski definition) is 5. The molecule has 0 saturated carbocycles. The van der Waals surface area contributed by atoms with Gasteiger partial charge in [0.2, 0.25) is 0 Å². The largest absolute Gasteiger partial charge is 0.362 e. The van der Waals surface area contributed by atoms with Crippen LogP contribution in [0.15, 0.2) is 47.5 Å².